The summed E-state index contributed by atoms with van der Waals surface area (Å²) in [5, 5.41) is 11.4. The standard InChI is InChI=1S/C12H11N3O/c1-4-11(10-8-14-15-12(10)5-1)13-7-9-3-2-6-16-9/h1-6,8,13H,7H2,(H,14,15). The van der Waals surface area contributed by atoms with Crippen molar-refractivity contribution in [3.05, 3.63) is 48.6 Å². The highest BCUT2D eigenvalue weighted by Gasteiger charge is 2.02. The average Bonchev–Trinajstić information content (AvgIpc) is 2.97. The number of nitrogens with zero attached hydrogens (tertiary/aromatic N) is 1. The van der Waals surface area contributed by atoms with Crippen LogP contribution in [0.4, 0.5) is 5.69 Å². The van der Waals surface area contributed by atoms with Crippen molar-refractivity contribution in [1.29, 1.82) is 0 Å². The Kier molecular flexibility index (Phi) is 2.11. The van der Waals surface area contributed by atoms with Crippen molar-refractivity contribution in [3.8, 4) is 0 Å². The summed E-state index contributed by atoms with van der Waals surface area (Å²) in [5.41, 5.74) is 2.09. The van der Waals surface area contributed by atoms with Crippen LogP contribution >= 0.6 is 0 Å². The number of nitrogens with one attached hydrogen (secondary N) is 2. The molecule has 0 aliphatic heterocycles. The third-order valence-electron chi connectivity index (χ3n) is 2.52. The van der Waals surface area contributed by atoms with Gasteiger partial charge >= 0.3 is 0 Å². The molecule has 4 heteroatoms. The maximum atomic E-state index is 5.26. The zero-order valence-electron chi connectivity index (χ0n) is 8.60. The van der Waals surface area contributed by atoms with Gasteiger partial charge in [-0.25, -0.2) is 0 Å². The highest BCUT2D eigenvalue weighted by atomic mass is 16.3. The maximum absolute atomic E-state index is 5.26. The molecule has 0 spiro atoms. The molecule has 0 radical (unpaired) electrons. The number of hydrogen-bond donors (Lipinski definition) is 2. The second-order valence-electron chi connectivity index (χ2n) is 3.57. The van der Waals surface area contributed by atoms with E-state index in [-0.39, 0.29) is 0 Å². The van der Waals surface area contributed by atoms with E-state index in [1.165, 1.54) is 0 Å². The zero-order chi connectivity index (χ0) is 10.8. The van der Waals surface area contributed by atoms with Crippen LogP contribution in [0.3, 0.4) is 0 Å². The molecule has 3 rings (SSSR count). The number of rotatable bonds is 3. The SMILES string of the molecule is c1coc(CNc2cccc3[nH]ncc23)c1. The summed E-state index contributed by atoms with van der Waals surface area (Å²) in [7, 11) is 0. The Morgan fingerprint density at radius 2 is 2.25 bits per heavy atom. The lowest BCUT2D eigenvalue weighted by Crippen LogP contribution is -1.97. The molecule has 0 unspecified atom stereocenters. The van der Waals surface area contributed by atoms with Gasteiger partial charge in [0.05, 0.1) is 24.5 Å². The number of aromatic nitrogens is 2. The van der Waals surface area contributed by atoms with E-state index < -0.39 is 0 Å². The number of H-pyrrole nitrogens is 1. The number of furan rings is 1. The molecule has 0 amide bonds. The van der Waals surface area contributed by atoms with Gasteiger partial charge < -0.3 is 9.73 Å². The highest BCUT2D eigenvalue weighted by Crippen LogP contribution is 2.21. The van der Waals surface area contributed by atoms with Crippen molar-refractivity contribution >= 4 is 16.6 Å². The zero-order valence-corrected chi connectivity index (χ0v) is 8.60. The van der Waals surface area contributed by atoms with E-state index in [1.807, 2.05) is 36.5 Å². The van der Waals surface area contributed by atoms with E-state index >= 15 is 0 Å². The van der Waals surface area contributed by atoms with Gasteiger partial charge in [-0.1, -0.05) is 6.07 Å². The summed E-state index contributed by atoms with van der Waals surface area (Å²) in [5.74, 6) is 0.917. The molecule has 80 valence electrons. The van der Waals surface area contributed by atoms with Gasteiger partial charge in [0.1, 0.15) is 5.76 Å². The molecule has 0 aliphatic carbocycles. The first-order valence-electron chi connectivity index (χ1n) is 5.12. The van der Waals surface area contributed by atoms with Gasteiger partial charge in [-0.3, -0.25) is 5.10 Å². The largest absolute Gasteiger partial charge is 0.467 e. The smallest absolute Gasteiger partial charge is 0.122 e. The van der Waals surface area contributed by atoms with Gasteiger partial charge in [0, 0.05) is 11.1 Å². The van der Waals surface area contributed by atoms with Crippen LogP contribution in [0, 0.1) is 0 Å². The fourth-order valence-corrected chi connectivity index (χ4v) is 1.72. The minimum Gasteiger partial charge on any atom is -0.467 e. The van der Waals surface area contributed by atoms with Crippen molar-refractivity contribution < 1.29 is 4.42 Å². The molecule has 0 bridgehead atoms. The normalized spacial score (nSPS) is 10.8. The molecule has 2 heterocycles. The van der Waals surface area contributed by atoms with Crippen LogP contribution in [0.2, 0.25) is 0 Å². The van der Waals surface area contributed by atoms with Crippen molar-refractivity contribution in [2.45, 2.75) is 6.54 Å². The fraction of sp³-hybridized carbons (Fsp3) is 0.0833. The molecule has 0 saturated carbocycles. The first-order chi connectivity index (χ1) is 7.93. The van der Waals surface area contributed by atoms with Gasteiger partial charge in [0.15, 0.2) is 0 Å². The summed E-state index contributed by atoms with van der Waals surface area (Å²) in [6.07, 6.45) is 3.50. The van der Waals surface area contributed by atoms with E-state index in [4.69, 9.17) is 4.42 Å². The lowest BCUT2D eigenvalue weighted by Gasteiger charge is -2.05. The van der Waals surface area contributed by atoms with E-state index in [2.05, 4.69) is 15.5 Å². The molecule has 3 aromatic rings. The van der Waals surface area contributed by atoms with Gasteiger partial charge in [0.25, 0.3) is 0 Å². The Labute approximate surface area is 92.3 Å². The van der Waals surface area contributed by atoms with Crippen molar-refractivity contribution in [2.24, 2.45) is 0 Å². The van der Waals surface area contributed by atoms with Crippen molar-refractivity contribution in [1.82, 2.24) is 10.2 Å². The predicted molar refractivity (Wildman–Crippen MR) is 62.1 cm³/mol. The number of fused-ring (bicyclic) bond motifs is 1. The monoisotopic (exact) mass is 213 g/mol. The number of benzene rings is 1. The number of aromatic amines is 1. The fourth-order valence-electron chi connectivity index (χ4n) is 1.72. The maximum Gasteiger partial charge on any atom is 0.122 e. The van der Waals surface area contributed by atoms with Gasteiger partial charge in [-0.05, 0) is 24.3 Å². The number of anilines is 1. The van der Waals surface area contributed by atoms with Crippen LogP contribution in [-0.4, -0.2) is 10.2 Å². The van der Waals surface area contributed by atoms with Gasteiger partial charge in [-0.15, -0.1) is 0 Å². The second kappa shape index (κ2) is 3.73. The summed E-state index contributed by atoms with van der Waals surface area (Å²) < 4.78 is 5.26. The molecular formula is C12H11N3O. The van der Waals surface area contributed by atoms with E-state index in [0.717, 1.165) is 22.4 Å². The molecule has 2 aromatic heterocycles. The molecule has 0 atom stereocenters. The van der Waals surface area contributed by atoms with Crippen LogP contribution in [0.25, 0.3) is 10.9 Å². The highest BCUT2D eigenvalue weighted by molar-refractivity contribution is 5.90. The van der Waals surface area contributed by atoms with Crippen LogP contribution in [0.15, 0.2) is 47.2 Å². The quantitative estimate of drug-likeness (QED) is 0.703. The topological polar surface area (TPSA) is 53.9 Å². The van der Waals surface area contributed by atoms with E-state index in [9.17, 15) is 0 Å². The molecule has 0 fully saturated rings. The van der Waals surface area contributed by atoms with E-state index in [0.29, 0.717) is 6.54 Å². The molecule has 2 N–H and O–H groups in total. The minimum atomic E-state index is 0.678. The van der Waals surface area contributed by atoms with Crippen molar-refractivity contribution in [2.75, 3.05) is 5.32 Å². The summed E-state index contributed by atoms with van der Waals surface area (Å²) in [6, 6.07) is 9.85. The lowest BCUT2D eigenvalue weighted by atomic mass is 10.2. The van der Waals surface area contributed by atoms with Crippen LogP contribution in [0.1, 0.15) is 5.76 Å². The predicted octanol–water partition coefficient (Wildman–Crippen LogP) is 2.77. The Morgan fingerprint density at radius 1 is 1.25 bits per heavy atom. The Hall–Kier alpha value is -2.23. The second-order valence-corrected chi connectivity index (χ2v) is 3.57. The Morgan fingerprint density at radius 3 is 3.12 bits per heavy atom. The first kappa shape index (κ1) is 9.03. The molecular weight excluding hydrogens is 202 g/mol. The average molecular weight is 213 g/mol. The summed E-state index contributed by atoms with van der Waals surface area (Å²) in [4.78, 5) is 0. The molecule has 0 aliphatic rings. The van der Waals surface area contributed by atoms with Crippen LogP contribution in [-0.2, 0) is 6.54 Å². The molecule has 4 nitrogen and oxygen atoms in total. The lowest BCUT2D eigenvalue weighted by molar-refractivity contribution is 0.518. The molecule has 0 saturated heterocycles. The Balaban J connectivity index is 1.86. The van der Waals surface area contributed by atoms with Gasteiger partial charge in [-0.2, -0.15) is 5.10 Å². The molecule has 16 heavy (non-hydrogen) atoms. The van der Waals surface area contributed by atoms with Crippen LogP contribution in [0.5, 0.6) is 0 Å². The van der Waals surface area contributed by atoms with E-state index in [1.54, 1.807) is 6.26 Å². The summed E-state index contributed by atoms with van der Waals surface area (Å²) >= 11 is 0. The first-order valence-corrected chi connectivity index (χ1v) is 5.12. The third kappa shape index (κ3) is 1.54. The minimum absolute atomic E-state index is 0.678. The number of hydrogen-bond acceptors (Lipinski definition) is 3. The summed E-state index contributed by atoms with van der Waals surface area (Å²) in [6.45, 7) is 0.678. The Bertz CT molecular complexity index is 583. The van der Waals surface area contributed by atoms with Crippen LogP contribution < -0.4 is 5.32 Å². The van der Waals surface area contributed by atoms with Gasteiger partial charge in [0.2, 0.25) is 0 Å². The molecule has 1 aromatic carbocycles. The third-order valence-corrected chi connectivity index (χ3v) is 2.52. The van der Waals surface area contributed by atoms with Crippen molar-refractivity contribution in [3.63, 3.8) is 0 Å².